The summed E-state index contributed by atoms with van der Waals surface area (Å²) in [4.78, 5) is 7.02. The summed E-state index contributed by atoms with van der Waals surface area (Å²) in [7, 11) is 5.51. The van der Waals surface area contributed by atoms with Crippen molar-refractivity contribution in [1.29, 1.82) is 0 Å². The topological polar surface area (TPSA) is 66.7 Å². The van der Waals surface area contributed by atoms with Crippen LogP contribution in [0.1, 0.15) is 47.8 Å². The van der Waals surface area contributed by atoms with Crippen LogP contribution >= 0.6 is 0 Å². The molecule has 1 aromatic carbocycles. The molecule has 1 aromatic heterocycles. The Hall–Kier alpha value is -2.54. The summed E-state index contributed by atoms with van der Waals surface area (Å²) in [5.74, 6) is 1.71. The summed E-state index contributed by atoms with van der Waals surface area (Å²) in [6, 6.07) is 8.76. The molecule has 0 saturated carbocycles. The van der Waals surface area contributed by atoms with E-state index in [9.17, 15) is 0 Å². The first-order valence-corrected chi connectivity index (χ1v) is 10.8. The van der Waals surface area contributed by atoms with E-state index in [2.05, 4.69) is 51.6 Å². The van der Waals surface area contributed by atoms with Gasteiger partial charge in [0.25, 0.3) is 0 Å². The summed E-state index contributed by atoms with van der Waals surface area (Å²) in [5.41, 5.74) is 4.77. The molecule has 1 aliphatic rings. The van der Waals surface area contributed by atoms with E-state index >= 15 is 0 Å². The lowest BCUT2D eigenvalue weighted by molar-refractivity contribution is 0.164. The van der Waals surface area contributed by atoms with Gasteiger partial charge in [-0.2, -0.15) is 5.10 Å². The highest BCUT2D eigenvalue weighted by atomic mass is 16.5. The third-order valence-corrected chi connectivity index (χ3v) is 6.11. The lowest BCUT2D eigenvalue weighted by Crippen LogP contribution is -2.44. The van der Waals surface area contributed by atoms with E-state index < -0.39 is 0 Å². The zero-order valence-corrected chi connectivity index (χ0v) is 19.0. The number of hydrogen-bond donors (Lipinski definition) is 2. The van der Waals surface area contributed by atoms with Crippen molar-refractivity contribution in [3.05, 3.63) is 46.8 Å². The van der Waals surface area contributed by atoms with Crippen LogP contribution in [0.3, 0.4) is 0 Å². The Balaban J connectivity index is 1.66. The van der Waals surface area contributed by atoms with Crippen LogP contribution in [-0.2, 0) is 13.6 Å². The number of nitrogens with one attached hydrogen (secondary N) is 2. The molecule has 0 aliphatic carbocycles. The Morgan fingerprint density at radius 2 is 1.83 bits per heavy atom. The molecule has 0 radical (unpaired) electrons. The fourth-order valence-corrected chi connectivity index (χ4v) is 4.17. The number of ether oxygens (including phenoxy) is 1. The lowest BCUT2D eigenvalue weighted by atomic mass is 10.0. The van der Waals surface area contributed by atoms with Crippen molar-refractivity contribution >= 4 is 5.96 Å². The van der Waals surface area contributed by atoms with E-state index in [1.807, 2.05) is 30.9 Å². The van der Waals surface area contributed by atoms with Gasteiger partial charge in [-0.25, -0.2) is 0 Å². The third-order valence-electron chi connectivity index (χ3n) is 6.11. The zero-order chi connectivity index (χ0) is 21.5. The Morgan fingerprint density at radius 3 is 2.40 bits per heavy atom. The predicted octanol–water partition coefficient (Wildman–Crippen LogP) is 2.94. The average molecular weight is 413 g/mol. The van der Waals surface area contributed by atoms with Crippen LogP contribution in [0, 0.1) is 13.8 Å². The Kier molecular flexibility index (Phi) is 7.74. The monoisotopic (exact) mass is 412 g/mol. The van der Waals surface area contributed by atoms with Gasteiger partial charge in [0.2, 0.25) is 0 Å². The molecule has 7 nitrogen and oxygen atoms in total. The van der Waals surface area contributed by atoms with Gasteiger partial charge in [-0.05, 0) is 57.5 Å². The predicted molar refractivity (Wildman–Crippen MR) is 122 cm³/mol. The van der Waals surface area contributed by atoms with Gasteiger partial charge in [0.1, 0.15) is 5.75 Å². The minimum atomic E-state index is 0.302. The number of nitrogens with zero attached hydrogens (tertiary/aromatic N) is 4. The lowest BCUT2D eigenvalue weighted by Gasteiger charge is -2.35. The number of aryl methyl sites for hydroxylation is 2. The molecule has 7 heteroatoms. The van der Waals surface area contributed by atoms with Crippen molar-refractivity contribution in [2.24, 2.45) is 12.0 Å². The van der Waals surface area contributed by atoms with E-state index in [1.54, 1.807) is 7.11 Å². The molecule has 1 aliphatic heterocycles. The zero-order valence-electron chi connectivity index (χ0n) is 19.0. The fourth-order valence-electron chi connectivity index (χ4n) is 4.17. The van der Waals surface area contributed by atoms with Gasteiger partial charge < -0.3 is 15.4 Å². The van der Waals surface area contributed by atoms with Gasteiger partial charge >= 0.3 is 0 Å². The molecule has 1 fully saturated rings. The summed E-state index contributed by atoms with van der Waals surface area (Å²) in [5, 5.41) is 11.5. The maximum Gasteiger partial charge on any atom is 0.191 e. The molecule has 1 atom stereocenters. The Labute approximate surface area is 180 Å². The van der Waals surface area contributed by atoms with Crippen LogP contribution in [-0.4, -0.2) is 54.4 Å². The third kappa shape index (κ3) is 5.33. The van der Waals surface area contributed by atoms with Gasteiger partial charge in [0.05, 0.1) is 18.8 Å². The smallest absolute Gasteiger partial charge is 0.191 e. The molecule has 2 N–H and O–H groups in total. The Morgan fingerprint density at radius 1 is 1.13 bits per heavy atom. The molecular formula is C23H36N6O. The van der Waals surface area contributed by atoms with Crippen molar-refractivity contribution < 1.29 is 4.74 Å². The molecule has 0 bridgehead atoms. The number of rotatable bonds is 7. The van der Waals surface area contributed by atoms with Crippen molar-refractivity contribution in [3.63, 3.8) is 0 Å². The molecule has 0 amide bonds. The van der Waals surface area contributed by atoms with Crippen molar-refractivity contribution in [3.8, 4) is 5.75 Å². The molecule has 164 valence electrons. The summed E-state index contributed by atoms with van der Waals surface area (Å²) >= 11 is 0. The highest BCUT2D eigenvalue weighted by Gasteiger charge is 2.22. The van der Waals surface area contributed by atoms with Crippen LogP contribution in [0.25, 0.3) is 0 Å². The normalized spacial score (nSPS) is 16.4. The van der Waals surface area contributed by atoms with Crippen LogP contribution in [0.2, 0.25) is 0 Å². The first-order valence-electron chi connectivity index (χ1n) is 10.8. The van der Waals surface area contributed by atoms with Crippen LogP contribution in [0.4, 0.5) is 0 Å². The quantitative estimate of drug-likeness (QED) is 0.541. The van der Waals surface area contributed by atoms with E-state index in [4.69, 9.17) is 4.74 Å². The standard InChI is InChI=1S/C23H36N6O/c1-17-21(18(2)28(4)27-17)15-25-23(24-3)26-16-22(29-13-7-6-8-14-29)19-9-11-20(30-5)12-10-19/h9-12,22H,6-8,13-16H2,1-5H3,(H2,24,25,26). The SMILES string of the molecule is CN=C(NCc1c(C)nn(C)c1C)NCC(c1ccc(OC)cc1)N1CCCCC1. The van der Waals surface area contributed by atoms with E-state index in [0.717, 1.165) is 37.0 Å². The molecular weight excluding hydrogens is 376 g/mol. The number of methoxy groups -OCH3 is 1. The largest absolute Gasteiger partial charge is 0.497 e. The number of piperidine rings is 1. The number of benzene rings is 1. The molecule has 2 heterocycles. The van der Waals surface area contributed by atoms with Gasteiger partial charge in [0, 0.05) is 38.4 Å². The van der Waals surface area contributed by atoms with Gasteiger partial charge in [-0.3, -0.25) is 14.6 Å². The van der Waals surface area contributed by atoms with Gasteiger partial charge in [0.15, 0.2) is 5.96 Å². The summed E-state index contributed by atoms with van der Waals surface area (Å²) in [6.45, 7) is 7.94. The minimum Gasteiger partial charge on any atom is -0.497 e. The molecule has 2 aromatic rings. The van der Waals surface area contributed by atoms with Crippen LogP contribution in [0.5, 0.6) is 5.75 Å². The molecule has 1 unspecified atom stereocenters. The van der Waals surface area contributed by atoms with Gasteiger partial charge in [-0.15, -0.1) is 0 Å². The van der Waals surface area contributed by atoms with Crippen molar-refractivity contribution in [2.75, 3.05) is 33.8 Å². The number of likely N-dealkylation sites (tertiary alicyclic amines) is 1. The molecule has 0 spiro atoms. The van der Waals surface area contributed by atoms with Crippen LogP contribution in [0.15, 0.2) is 29.3 Å². The average Bonchev–Trinajstić information content (AvgIpc) is 3.02. The van der Waals surface area contributed by atoms with E-state index in [-0.39, 0.29) is 0 Å². The molecule has 3 rings (SSSR count). The Bertz CT molecular complexity index is 836. The first-order chi connectivity index (χ1) is 14.5. The number of aromatic nitrogens is 2. The fraction of sp³-hybridized carbons (Fsp3) is 0.565. The van der Waals surface area contributed by atoms with Gasteiger partial charge in [-0.1, -0.05) is 18.6 Å². The number of guanidine groups is 1. The highest BCUT2D eigenvalue weighted by Crippen LogP contribution is 2.25. The van der Waals surface area contributed by atoms with Crippen LogP contribution < -0.4 is 15.4 Å². The maximum atomic E-state index is 5.34. The number of hydrogen-bond acceptors (Lipinski definition) is 4. The van der Waals surface area contributed by atoms with E-state index in [1.165, 1.54) is 36.1 Å². The van der Waals surface area contributed by atoms with Crippen molar-refractivity contribution in [2.45, 2.75) is 45.7 Å². The molecule has 1 saturated heterocycles. The minimum absolute atomic E-state index is 0.302. The summed E-state index contributed by atoms with van der Waals surface area (Å²) < 4.78 is 7.27. The molecule has 30 heavy (non-hydrogen) atoms. The van der Waals surface area contributed by atoms with E-state index in [0.29, 0.717) is 12.6 Å². The maximum absolute atomic E-state index is 5.34. The number of aliphatic imine (C=N–C) groups is 1. The second kappa shape index (κ2) is 10.5. The summed E-state index contributed by atoms with van der Waals surface area (Å²) in [6.07, 6.45) is 3.85. The second-order valence-corrected chi connectivity index (χ2v) is 7.97. The van der Waals surface area contributed by atoms with Crippen molar-refractivity contribution in [1.82, 2.24) is 25.3 Å². The first kappa shape index (κ1) is 22.2. The highest BCUT2D eigenvalue weighted by molar-refractivity contribution is 5.79. The second-order valence-electron chi connectivity index (χ2n) is 7.97.